The zero-order chi connectivity index (χ0) is 10.6. The lowest BCUT2D eigenvalue weighted by Crippen LogP contribution is -2.37. The first-order valence-electron chi connectivity index (χ1n) is 4.48. The molecule has 80 valence electrons. The van der Waals surface area contributed by atoms with Crippen LogP contribution in [0.25, 0.3) is 0 Å². The van der Waals surface area contributed by atoms with Gasteiger partial charge in [0.1, 0.15) is 0 Å². The van der Waals surface area contributed by atoms with E-state index in [-0.39, 0.29) is 30.8 Å². The molecule has 1 rings (SSSR count). The molecular weight excluding hydrogens is 186 g/mol. The normalized spacial score (nSPS) is 19.1. The minimum absolute atomic E-state index is 0.0257. The van der Waals surface area contributed by atoms with Crippen molar-refractivity contribution in [2.75, 3.05) is 33.9 Å². The highest BCUT2D eigenvalue weighted by Crippen LogP contribution is 2.08. The molecular formula is C9H15NO4. The van der Waals surface area contributed by atoms with Crippen molar-refractivity contribution in [3.63, 3.8) is 0 Å². The molecule has 1 aliphatic heterocycles. The van der Waals surface area contributed by atoms with Crippen molar-refractivity contribution < 1.29 is 19.1 Å². The van der Waals surface area contributed by atoms with Crippen molar-refractivity contribution >= 4 is 11.7 Å². The Bertz CT molecular complexity index is 229. The minimum Gasteiger partial charge on any atom is -0.382 e. The Morgan fingerprint density at radius 1 is 1.43 bits per heavy atom. The van der Waals surface area contributed by atoms with Gasteiger partial charge in [0, 0.05) is 20.8 Å². The predicted molar refractivity (Wildman–Crippen MR) is 48.9 cm³/mol. The molecule has 1 aliphatic rings. The number of carbonyl (C=O) groups is 2. The molecule has 0 radical (unpaired) electrons. The second-order valence-corrected chi connectivity index (χ2v) is 3.30. The Labute approximate surface area is 83.0 Å². The first-order chi connectivity index (χ1) is 6.67. The highest BCUT2D eigenvalue weighted by Gasteiger charge is 2.29. The summed E-state index contributed by atoms with van der Waals surface area (Å²) in [6.45, 7) is 1.06. The second kappa shape index (κ2) is 5.07. The molecule has 1 saturated heterocycles. The highest BCUT2D eigenvalue weighted by molar-refractivity contribution is 6.05. The summed E-state index contributed by atoms with van der Waals surface area (Å²) in [7, 11) is 3.13. The number of hydrogen-bond acceptors (Lipinski definition) is 4. The standard InChI is InChI=1S/C9H15NO4/c1-13-6-8(14-2)5-10-4-7(11)3-9(10)12/h8H,3-6H2,1-2H3. The maximum atomic E-state index is 11.2. The first kappa shape index (κ1) is 11.1. The molecule has 1 fully saturated rings. The number of carbonyl (C=O) groups excluding carboxylic acids is 2. The van der Waals surface area contributed by atoms with Gasteiger partial charge in [-0.1, -0.05) is 0 Å². The van der Waals surface area contributed by atoms with Crippen LogP contribution in [0.1, 0.15) is 6.42 Å². The number of ketones is 1. The lowest BCUT2D eigenvalue weighted by atomic mass is 10.3. The highest BCUT2D eigenvalue weighted by atomic mass is 16.5. The van der Waals surface area contributed by atoms with E-state index >= 15 is 0 Å². The van der Waals surface area contributed by atoms with Crippen LogP contribution >= 0.6 is 0 Å². The number of Topliss-reactive ketones (excluding diaryl/α,β-unsaturated/α-hetero) is 1. The zero-order valence-electron chi connectivity index (χ0n) is 8.49. The molecule has 0 N–H and O–H groups in total. The molecule has 0 saturated carbocycles. The largest absolute Gasteiger partial charge is 0.382 e. The van der Waals surface area contributed by atoms with E-state index in [1.807, 2.05) is 0 Å². The second-order valence-electron chi connectivity index (χ2n) is 3.30. The van der Waals surface area contributed by atoms with Crippen molar-refractivity contribution in [1.29, 1.82) is 0 Å². The molecule has 1 heterocycles. The van der Waals surface area contributed by atoms with Crippen LogP contribution in [0.15, 0.2) is 0 Å². The summed E-state index contributed by atoms with van der Waals surface area (Å²) >= 11 is 0. The van der Waals surface area contributed by atoms with E-state index in [1.54, 1.807) is 14.2 Å². The minimum atomic E-state index is -0.158. The molecule has 0 spiro atoms. The third-order valence-corrected chi connectivity index (χ3v) is 2.18. The first-order valence-corrected chi connectivity index (χ1v) is 4.48. The van der Waals surface area contributed by atoms with Crippen LogP contribution in [-0.2, 0) is 19.1 Å². The SMILES string of the molecule is COCC(CN1CC(=O)CC1=O)OC. The molecule has 1 atom stereocenters. The summed E-state index contributed by atoms with van der Waals surface area (Å²) in [4.78, 5) is 23.7. The summed E-state index contributed by atoms with van der Waals surface area (Å²) in [6, 6.07) is 0. The molecule has 5 heteroatoms. The third-order valence-electron chi connectivity index (χ3n) is 2.18. The van der Waals surface area contributed by atoms with E-state index in [4.69, 9.17) is 9.47 Å². The maximum absolute atomic E-state index is 11.2. The molecule has 0 aromatic rings. The van der Waals surface area contributed by atoms with Crippen molar-refractivity contribution in [2.45, 2.75) is 12.5 Å². The summed E-state index contributed by atoms with van der Waals surface area (Å²) in [5.41, 5.74) is 0. The number of nitrogens with zero attached hydrogens (tertiary/aromatic N) is 1. The smallest absolute Gasteiger partial charge is 0.230 e. The van der Waals surface area contributed by atoms with Crippen LogP contribution in [0.3, 0.4) is 0 Å². The Morgan fingerprint density at radius 3 is 2.57 bits per heavy atom. The van der Waals surface area contributed by atoms with Crippen LogP contribution in [0.4, 0.5) is 0 Å². The van der Waals surface area contributed by atoms with Gasteiger partial charge in [0.05, 0.1) is 25.7 Å². The van der Waals surface area contributed by atoms with Crippen LogP contribution in [-0.4, -0.2) is 56.6 Å². The van der Waals surface area contributed by atoms with Crippen molar-refractivity contribution in [3.8, 4) is 0 Å². The number of methoxy groups -OCH3 is 2. The lowest BCUT2D eigenvalue weighted by Gasteiger charge is -2.21. The average Bonchev–Trinajstić information content (AvgIpc) is 2.44. The molecule has 0 aliphatic carbocycles. The van der Waals surface area contributed by atoms with Gasteiger partial charge in [-0.3, -0.25) is 9.59 Å². The summed E-state index contributed by atoms with van der Waals surface area (Å²) in [5.74, 6) is -0.143. The number of rotatable bonds is 5. The van der Waals surface area contributed by atoms with E-state index in [0.29, 0.717) is 13.2 Å². The van der Waals surface area contributed by atoms with Gasteiger partial charge >= 0.3 is 0 Å². The zero-order valence-corrected chi connectivity index (χ0v) is 8.49. The van der Waals surface area contributed by atoms with Crippen LogP contribution < -0.4 is 0 Å². The van der Waals surface area contributed by atoms with Gasteiger partial charge in [-0.05, 0) is 0 Å². The number of likely N-dealkylation sites (tertiary alicyclic amines) is 1. The Balaban J connectivity index is 2.42. The van der Waals surface area contributed by atoms with Gasteiger partial charge in [0.15, 0.2) is 5.78 Å². The summed E-state index contributed by atoms with van der Waals surface area (Å²) in [5, 5.41) is 0. The quantitative estimate of drug-likeness (QED) is 0.560. The predicted octanol–water partition coefficient (Wildman–Crippen LogP) is -0.551. The fraction of sp³-hybridized carbons (Fsp3) is 0.778. The van der Waals surface area contributed by atoms with Gasteiger partial charge in [0.25, 0.3) is 0 Å². The van der Waals surface area contributed by atoms with Gasteiger partial charge in [-0.2, -0.15) is 0 Å². The monoisotopic (exact) mass is 201 g/mol. The Hall–Kier alpha value is -0.940. The van der Waals surface area contributed by atoms with E-state index in [1.165, 1.54) is 4.90 Å². The van der Waals surface area contributed by atoms with Crippen molar-refractivity contribution in [2.24, 2.45) is 0 Å². The summed E-state index contributed by atoms with van der Waals surface area (Å²) in [6.07, 6.45) is -0.126. The van der Waals surface area contributed by atoms with Gasteiger partial charge in [0.2, 0.25) is 5.91 Å². The molecule has 1 amide bonds. The molecule has 0 aromatic carbocycles. The molecule has 0 aromatic heterocycles. The van der Waals surface area contributed by atoms with E-state index in [0.717, 1.165) is 0 Å². The lowest BCUT2D eigenvalue weighted by molar-refractivity contribution is -0.129. The average molecular weight is 201 g/mol. The molecule has 0 bridgehead atoms. The third kappa shape index (κ3) is 2.78. The topological polar surface area (TPSA) is 55.8 Å². The molecule has 5 nitrogen and oxygen atoms in total. The van der Waals surface area contributed by atoms with Crippen LogP contribution in [0.2, 0.25) is 0 Å². The van der Waals surface area contributed by atoms with Gasteiger partial charge in [-0.15, -0.1) is 0 Å². The fourth-order valence-electron chi connectivity index (χ4n) is 1.43. The molecule has 1 unspecified atom stereocenters. The Kier molecular flexibility index (Phi) is 4.03. The number of hydrogen-bond donors (Lipinski definition) is 0. The van der Waals surface area contributed by atoms with Gasteiger partial charge < -0.3 is 14.4 Å². The van der Waals surface area contributed by atoms with Gasteiger partial charge in [-0.25, -0.2) is 0 Å². The fourth-order valence-corrected chi connectivity index (χ4v) is 1.43. The number of amides is 1. The van der Waals surface area contributed by atoms with E-state index in [2.05, 4.69) is 0 Å². The van der Waals surface area contributed by atoms with E-state index in [9.17, 15) is 9.59 Å². The number of ether oxygens (including phenoxy) is 2. The maximum Gasteiger partial charge on any atom is 0.230 e. The van der Waals surface area contributed by atoms with Crippen LogP contribution in [0.5, 0.6) is 0 Å². The van der Waals surface area contributed by atoms with Crippen molar-refractivity contribution in [1.82, 2.24) is 4.90 Å². The van der Waals surface area contributed by atoms with Crippen molar-refractivity contribution in [3.05, 3.63) is 0 Å². The summed E-state index contributed by atoms with van der Waals surface area (Å²) < 4.78 is 10.0. The van der Waals surface area contributed by atoms with E-state index < -0.39 is 0 Å². The van der Waals surface area contributed by atoms with Crippen LogP contribution in [0, 0.1) is 0 Å². The Morgan fingerprint density at radius 2 is 2.14 bits per heavy atom. The molecule has 14 heavy (non-hydrogen) atoms.